The minimum absolute atomic E-state index is 0.206. The number of rotatable bonds is 9. The Balaban J connectivity index is 0.000000150. The van der Waals surface area contributed by atoms with Crippen LogP contribution in [0.5, 0.6) is 0 Å². The third-order valence-corrected chi connectivity index (χ3v) is 11.4. The zero-order valence-corrected chi connectivity index (χ0v) is 34.8. The summed E-state index contributed by atoms with van der Waals surface area (Å²) in [6.45, 7) is 8.91. The van der Waals surface area contributed by atoms with E-state index in [1.54, 1.807) is 35.0 Å². The Hall–Kier alpha value is -6.34. The molecule has 2 fully saturated rings. The maximum atomic E-state index is 12.7. The number of morpholine rings is 2. The van der Waals surface area contributed by atoms with E-state index in [9.17, 15) is 14.7 Å². The SMILES string of the molecule is Nc1nccs1.O=C(Nc1nccs1)c1cccn2cc(-c3ccc(CN4CCOCC4)cc3)nc12.O=C(O)c1cccn2cc(-c3ccc(CN4CCOCC4)cc3)nc12. The lowest BCUT2D eigenvalue weighted by molar-refractivity contribution is 0.0341. The molecule has 2 aliphatic rings. The van der Waals surface area contributed by atoms with Gasteiger partial charge in [-0.2, -0.15) is 0 Å². The molecule has 6 aromatic heterocycles. The lowest BCUT2D eigenvalue weighted by atomic mass is 10.1. The van der Waals surface area contributed by atoms with Crippen LogP contribution in [0.3, 0.4) is 0 Å². The Labute approximate surface area is 359 Å². The number of carbonyl (C=O) groups excluding carboxylic acids is 1. The number of carboxylic acid groups (broad SMARTS) is 1. The number of fused-ring (bicyclic) bond motifs is 2. The van der Waals surface area contributed by atoms with E-state index in [4.69, 9.17) is 20.2 Å². The number of nitrogens with two attached hydrogens (primary N) is 1. The van der Waals surface area contributed by atoms with Crippen molar-refractivity contribution in [3.63, 3.8) is 0 Å². The van der Waals surface area contributed by atoms with Gasteiger partial charge in [0, 0.05) is 98.3 Å². The Morgan fingerprint density at radius 1 is 0.672 bits per heavy atom. The number of imidazole rings is 2. The van der Waals surface area contributed by atoms with Crippen LogP contribution in [-0.4, -0.2) is 108 Å². The lowest BCUT2D eigenvalue weighted by Crippen LogP contribution is -2.35. The molecule has 0 atom stereocenters. The normalized spacial score (nSPS) is 14.5. The fourth-order valence-corrected chi connectivity index (χ4v) is 7.84. The molecule has 4 N–H and O–H groups in total. The summed E-state index contributed by atoms with van der Waals surface area (Å²) >= 11 is 2.83. The summed E-state index contributed by atoms with van der Waals surface area (Å²) in [5, 5.41) is 17.0. The molecule has 15 nitrogen and oxygen atoms in total. The zero-order chi connectivity index (χ0) is 42.0. The smallest absolute Gasteiger partial charge is 0.339 e. The predicted molar refractivity (Wildman–Crippen MR) is 237 cm³/mol. The standard InChI is InChI=1S/C22H21N5O2S.C19H19N3O3.C3H4N2S/c28-21(25-22-23-7-13-30-22)18-2-1-8-27-15-19(24-20(18)27)17-5-3-16(4-6-17)14-26-9-11-29-12-10-26;23-19(24)16-2-1-7-22-13-17(20-18(16)22)15-5-3-14(4-6-15)12-21-8-10-25-11-9-21;4-3-5-1-2-6-3/h1-8,13,15H,9-12,14H2,(H,23,25,28);1-7,13H,8-12H2,(H,23,24);1-2H,(H2,4,5). The Bertz CT molecular complexity index is 2650. The molecule has 10 rings (SSSR count). The maximum absolute atomic E-state index is 12.7. The molecule has 0 unspecified atom stereocenters. The van der Waals surface area contributed by atoms with E-state index in [0.717, 1.165) is 88.2 Å². The van der Waals surface area contributed by atoms with E-state index in [1.807, 2.05) is 58.1 Å². The second-order valence-electron chi connectivity index (χ2n) is 14.2. The second kappa shape index (κ2) is 19.8. The van der Waals surface area contributed by atoms with Crippen molar-refractivity contribution in [2.24, 2.45) is 0 Å². The number of nitrogens with one attached hydrogen (secondary N) is 1. The number of thiazole rings is 2. The van der Waals surface area contributed by atoms with Crippen molar-refractivity contribution in [1.29, 1.82) is 0 Å². The first-order chi connectivity index (χ1) is 29.9. The third kappa shape index (κ3) is 10.7. The summed E-state index contributed by atoms with van der Waals surface area (Å²) in [5.41, 5.74) is 13.1. The van der Waals surface area contributed by atoms with Crippen molar-refractivity contribution in [2.75, 3.05) is 63.7 Å². The van der Waals surface area contributed by atoms with E-state index in [0.29, 0.717) is 27.1 Å². The molecule has 0 saturated carbocycles. The summed E-state index contributed by atoms with van der Waals surface area (Å²) in [6.07, 6.45) is 10.9. The van der Waals surface area contributed by atoms with Crippen LogP contribution in [0.1, 0.15) is 31.8 Å². The lowest BCUT2D eigenvalue weighted by Gasteiger charge is -2.26. The van der Waals surface area contributed by atoms with Gasteiger partial charge < -0.3 is 29.1 Å². The van der Waals surface area contributed by atoms with Gasteiger partial charge in [-0.05, 0) is 35.4 Å². The summed E-state index contributed by atoms with van der Waals surface area (Å²) in [6, 6.07) is 23.7. The Kier molecular flexibility index (Phi) is 13.4. The van der Waals surface area contributed by atoms with Gasteiger partial charge in [0.25, 0.3) is 5.91 Å². The average Bonchev–Trinajstić information content (AvgIpc) is 4.14. The number of pyridine rings is 2. The highest BCUT2D eigenvalue weighted by atomic mass is 32.1. The first kappa shape index (κ1) is 41.4. The minimum atomic E-state index is -0.969. The maximum Gasteiger partial charge on any atom is 0.339 e. The van der Waals surface area contributed by atoms with Crippen molar-refractivity contribution < 1.29 is 24.2 Å². The number of carbonyl (C=O) groups is 2. The highest BCUT2D eigenvalue weighted by Crippen LogP contribution is 2.24. The molecule has 8 heterocycles. The minimum Gasteiger partial charge on any atom is -0.478 e. The number of amides is 1. The van der Waals surface area contributed by atoms with Crippen molar-refractivity contribution >= 4 is 56.1 Å². The van der Waals surface area contributed by atoms with Gasteiger partial charge in [-0.25, -0.2) is 24.7 Å². The number of aromatic nitrogens is 6. The van der Waals surface area contributed by atoms with Gasteiger partial charge in [-0.3, -0.25) is 19.9 Å². The van der Waals surface area contributed by atoms with Crippen molar-refractivity contribution in [3.8, 4) is 22.5 Å². The van der Waals surface area contributed by atoms with Crippen LogP contribution in [0.2, 0.25) is 0 Å². The fourth-order valence-electron chi connectivity index (χ4n) is 6.93. The van der Waals surface area contributed by atoms with E-state index in [1.165, 1.54) is 33.8 Å². The van der Waals surface area contributed by atoms with Gasteiger partial charge in [0.05, 0.1) is 43.4 Å². The Morgan fingerprint density at radius 3 is 1.61 bits per heavy atom. The largest absolute Gasteiger partial charge is 0.478 e. The number of carboxylic acids is 1. The number of aromatic carboxylic acids is 1. The number of hydrogen-bond donors (Lipinski definition) is 3. The van der Waals surface area contributed by atoms with E-state index >= 15 is 0 Å². The Morgan fingerprint density at radius 2 is 1.16 bits per heavy atom. The predicted octanol–water partition coefficient (Wildman–Crippen LogP) is 6.80. The summed E-state index contributed by atoms with van der Waals surface area (Å²) in [7, 11) is 0. The molecule has 2 aliphatic heterocycles. The summed E-state index contributed by atoms with van der Waals surface area (Å²) in [5.74, 6) is -1.18. The van der Waals surface area contributed by atoms with Gasteiger partial charge in [-0.15, -0.1) is 22.7 Å². The van der Waals surface area contributed by atoms with Gasteiger partial charge in [0.15, 0.2) is 15.9 Å². The molecule has 61 heavy (non-hydrogen) atoms. The van der Waals surface area contributed by atoms with E-state index < -0.39 is 5.97 Å². The monoisotopic (exact) mass is 856 g/mol. The van der Waals surface area contributed by atoms with Crippen molar-refractivity contribution in [2.45, 2.75) is 13.1 Å². The number of hydrogen-bond acceptors (Lipinski definition) is 13. The van der Waals surface area contributed by atoms with Gasteiger partial charge in [-0.1, -0.05) is 48.5 Å². The van der Waals surface area contributed by atoms with Crippen molar-refractivity contribution in [3.05, 3.63) is 143 Å². The number of nitrogen functional groups attached to an aromatic ring is 1. The number of nitrogens with zero attached hydrogens (tertiary/aromatic N) is 8. The number of anilines is 2. The molecule has 8 aromatic rings. The van der Waals surface area contributed by atoms with Crippen LogP contribution in [0.4, 0.5) is 10.3 Å². The molecular weight excluding hydrogens is 813 g/mol. The first-order valence-electron chi connectivity index (χ1n) is 19.7. The van der Waals surface area contributed by atoms with Gasteiger partial charge >= 0.3 is 5.97 Å². The molecule has 0 aliphatic carbocycles. The molecule has 0 radical (unpaired) electrons. The molecule has 1 amide bonds. The van der Waals surface area contributed by atoms with Crippen LogP contribution in [0.25, 0.3) is 33.8 Å². The highest BCUT2D eigenvalue weighted by molar-refractivity contribution is 7.13. The van der Waals surface area contributed by atoms with Crippen molar-refractivity contribution in [1.82, 2.24) is 38.5 Å². The van der Waals surface area contributed by atoms with Gasteiger partial charge in [0.1, 0.15) is 11.2 Å². The summed E-state index contributed by atoms with van der Waals surface area (Å²) < 4.78 is 14.4. The molecular formula is C44H44N10O5S2. The van der Waals surface area contributed by atoms with E-state index in [-0.39, 0.29) is 11.5 Å². The molecule has 312 valence electrons. The van der Waals surface area contributed by atoms with Crippen LogP contribution < -0.4 is 11.1 Å². The van der Waals surface area contributed by atoms with Crippen LogP contribution in [0.15, 0.2) is 121 Å². The number of ether oxygens (including phenoxy) is 2. The van der Waals surface area contributed by atoms with Crippen LogP contribution in [-0.2, 0) is 22.6 Å². The fraction of sp³-hybridized carbons (Fsp3) is 0.227. The second-order valence-corrected chi connectivity index (χ2v) is 16.0. The molecule has 2 saturated heterocycles. The third-order valence-electron chi connectivity index (χ3n) is 10.1. The number of benzene rings is 2. The highest BCUT2D eigenvalue weighted by Gasteiger charge is 2.17. The first-order valence-corrected chi connectivity index (χ1v) is 21.5. The molecule has 0 bridgehead atoms. The topological polar surface area (TPSA) is 178 Å². The quantitative estimate of drug-likeness (QED) is 0.139. The molecule has 17 heteroatoms. The molecule has 2 aromatic carbocycles. The molecule has 0 spiro atoms. The zero-order valence-electron chi connectivity index (χ0n) is 33.2. The average molecular weight is 857 g/mol. The van der Waals surface area contributed by atoms with Gasteiger partial charge in [0.2, 0.25) is 0 Å². The van der Waals surface area contributed by atoms with E-state index in [2.05, 4.69) is 66.5 Å². The summed E-state index contributed by atoms with van der Waals surface area (Å²) in [4.78, 5) is 45.9. The van der Waals surface area contributed by atoms with Crippen LogP contribution >= 0.6 is 22.7 Å². The van der Waals surface area contributed by atoms with Crippen LogP contribution in [0, 0.1) is 0 Å².